The summed E-state index contributed by atoms with van der Waals surface area (Å²) in [5.41, 5.74) is 3.65. The largest absolute Gasteiger partial charge is 0.350 e. The number of carbonyl (C=O) groups excluding carboxylic acids is 1. The molecule has 0 aliphatic rings. The zero-order valence-corrected chi connectivity index (χ0v) is 17.7. The SMILES string of the molecule is Cc1ccc(S(=O)(=O)[C@H](CNC(=O)c2ccc(C)c(C)c2)c2cccs2)cc1. The number of nitrogens with one attached hydrogen (secondary N) is 1. The Kier molecular flexibility index (Phi) is 6.01. The second kappa shape index (κ2) is 8.29. The molecule has 4 nitrogen and oxygen atoms in total. The molecule has 1 heterocycles. The van der Waals surface area contributed by atoms with Gasteiger partial charge in [0.25, 0.3) is 5.91 Å². The van der Waals surface area contributed by atoms with Crippen molar-refractivity contribution in [1.82, 2.24) is 5.32 Å². The van der Waals surface area contributed by atoms with Gasteiger partial charge in [-0.1, -0.05) is 29.8 Å². The molecule has 6 heteroatoms. The molecule has 2 aromatic carbocycles. The zero-order valence-electron chi connectivity index (χ0n) is 16.1. The Labute approximate surface area is 170 Å². The van der Waals surface area contributed by atoms with Crippen LogP contribution in [0.3, 0.4) is 0 Å². The molecule has 0 saturated carbocycles. The van der Waals surface area contributed by atoms with Gasteiger partial charge in [0.2, 0.25) is 0 Å². The Morgan fingerprint density at radius 1 is 1.00 bits per heavy atom. The number of amides is 1. The second-order valence-electron chi connectivity index (χ2n) is 6.87. The fourth-order valence-electron chi connectivity index (χ4n) is 2.90. The lowest BCUT2D eigenvalue weighted by molar-refractivity contribution is 0.0953. The average Bonchev–Trinajstić information content (AvgIpc) is 3.18. The highest BCUT2D eigenvalue weighted by Gasteiger charge is 2.30. The first kappa shape index (κ1) is 20.3. The topological polar surface area (TPSA) is 63.2 Å². The van der Waals surface area contributed by atoms with Crippen LogP contribution in [-0.2, 0) is 9.84 Å². The number of thiophene rings is 1. The number of aryl methyl sites for hydroxylation is 3. The van der Waals surface area contributed by atoms with E-state index in [2.05, 4.69) is 5.32 Å². The Balaban J connectivity index is 1.86. The van der Waals surface area contributed by atoms with Gasteiger partial charge in [-0.3, -0.25) is 4.79 Å². The molecule has 3 rings (SSSR count). The van der Waals surface area contributed by atoms with Crippen LogP contribution in [0.1, 0.15) is 37.2 Å². The summed E-state index contributed by atoms with van der Waals surface area (Å²) in [6, 6.07) is 15.9. The van der Waals surface area contributed by atoms with Gasteiger partial charge in [0, 0.05) is 17.0 Å². The second-order valence-corrected chi connectivity index (χ2v) is 9.98. The number of hydrogen-bond acceptors (Lipinski definition) is 4. The van der Waals surface area contributed by atoms with Gasteiger partial charge in [-0.25, -0.2) is 8.42 Å². The van der Waals surface area contributed by atoms with Crippen molar-refractivity contribution in [3.8, 4) is 0 Å². The van der Waals surface area contributed by atoms with Crippen LogP contribution in [0.2, 0.25) is 0 Å². The van der Waals surface area contributed by atoms with Crippen LogP contribution in [0.15, 0.2) is 64.9 Å². The van der Waals surface area contributed by atoms with Crippen LogP contribution < -0.4 is 5.32 Å². The minimum atomic E-state index is -3.64. The van der Waals surface area contributed by atoms with E-state index in [0.717, 1.165) is 16.7 Å². The molecule has 0 aliphatic heterocycles. The minimum absolute atomic E-state index is 0.0163. The van der Waals surface area contributed by atoms with E-state index < -0.39 is 15.1 Å². The van der Waals surface area contributed by atoms with Gasteiger partial charge in [-0.2, -0.15) is 0 Å². The highest BCUT2D eigenvalue weighted by atomic mass is 32.2. The molecule has 0 fully saturated rings. The normalized spacial score (nSPS) is 12.5. The molecule has 0 bridgehead atoms. The molecule has 0 aliphatic carbocycles. The van der Waals surface area contributed by atoms with E-state index in [1.54, 1.807) is 36.4 Å². The molecule has 28 heavy (non-hydrogen) atoms. The van der Waals surface area contributed by atoms with Crippen molar-refractivity contribution in [2.24, 2.45) is 0 Å². The summed E-state index contributed by atoms with van der Waals surface area (Å²) in [4.78, 5) is 13.6. The first-order valence-corrected chi connectivity index (χ1v) is 11.4. The molecule has 0 spiro atoms. The van der Waals surface area contributed by atoms with Gasteiger partial charge >= 0.3 is 0 Å². The molecule has 146 valence electrons. The number of benzene rings is 2. The first-order valence-electron chi connectivity index (χ1n) is 8.98. The van der Waals surface area contributed by atoms with Crippen molar-refractivity contribution in [1.29, 1.82) is 0 Å². The molecule has 1 aromatic heterocycles. The van der Waals surface area contributed by atoms with Crippen molar-refractivity contribution in [3.63, 3.8) is 0 Å². The van der Waals surface area contributed by atoms with Crippen LogP contribution in [0, 0.1) is 20.8 Å². The van der Waals surface area contributed by atoms with E-state index in [-0.39, 0.29) is 17.3 Å². The molecule has 0 radical (unpaired) electrons. The van der Waals surface area contributed by atoms with Gasteiger partial charge in [0.05, 0.1) is 4.90 Å². The lowest BCUT2D eigenvalue weighted by Gasteiger charge is -2.18. The van der Waals surface area contributed by atoms with E-state index in [0.29, 0.717) is 10.4 Å². The summed E-state index contributed by atoms with van der Waals surface area (Å²) in [6.07, 6.45) is 0. The van der Waals surface area contributed by atoms with E-state index >= 15 is 0 Å². The number of carbonyl (C=O) groups is 1. The van der Waals surface area contributed by atoms with Crippen molar-refractivity contribution < 1.29 is 13.2 Å². The summed E-state index contributed by atoms with van der Waals surface area (Å²) in [7, 11) is -3.64. The maximum Gasteiger partial charge on any atom is 0.251 e. The highest BCUT2D eigenvalue weighted by molar-refractivity contribution is 7.91. The number of rotatable bonds is 6. The summed E-state index contributed by atoms with van der Waals surface area (Å²) >= 11 is 1.38. The molecule has 0 unspecified atom stereocenters. The Morgan fingerprint density at radius 3 is 2.32 bits per heavy atom. The third-order valence-electron chi connectivity index (χ3n) is 4.80. The number of hydrogen-bond donors (Lipinski definition) is 1. The third-order valence-corrected chi connectivity index (χ3v) is 8.04. The summed E-state index contributed by atoms with van der Waals surface area (Å²) < 4.78 is 26.5. The molecule has 1 amide bonds. The molecule has 3 aromatic rings. The summed E-state index contributed by atoms with van der Waals surface area (Å²) in [5, 5.41) is 3.83. The summed E-state index contributed by atoms with van der Waals surface area (Å²) in [5.74, 6) is -0.274. The third kappa shape index (κ3) is 4.34. The van der Waals surface area contributed by atoms with E-state index in [1.807, 2.05) is 44.4 Å². The monoisotopic (exact) mass is 413 g/mol. The van der Waals surface area contributed by atoms with Crippen molar-refractivity contribution >= 4 is 27.1 Å². The molecule has 0 saturated heterocycles. The van der Waals surface area contributed by atoms with Gasteiger partial charge in [0.15, 0.2) is 9.84 Å². The van der Waals surface area contributed by atoms with Crippen molar-refractivity contribution in [3.05, 3.63) is 87.1 Å². The molecular weight excluding hydrogens is 390 g/mol. The van der Waals surface area contributed by atoms with Gasteiger partial charge in [-0.15, -0.1) is 11.3 Å². The van der Waals surface area contributed by atoms with Crippen molar-refractivity contribution in [2.75, 3.05) is 6.54 Å². The maximum absolute atomic E-state index is 13.2. The lowest BCUT2D eigenvalue weighted by atomic mass is 10.1. The molecule has 1 N–H and O–H groups in total. The van der Waals surface area contributed by atoms with Crippen LogP contribution in [0.5, 0.6) is 0 Å². The fourth-order valence-corrected chi connectivity index (χ4v) is 5.68. The average molecular weight is 414 g/mol. The quantitative estimate of drug-likeness (QED) is 0.641. The Morgan fingerprint density at radius 2 is 1.71 bits per heavy atom. The van der Waals surface area contributed by atoms with Crippen LogP contribution in [0.25, 0.3) is 0 Å². The van der Waals surface area contributed by atoms with E-state index in [9.17, 15) is 13.2 Å². The lowest BCUT2D eigenvalue weighted by Crippen LogP contribution is -2.31. The van der Waals surface area contributed by atoms with Gasteiger partial charge < -0.3 is 5.32 Å². The number of sulfone groups is 1. The van der Waals surface area contributed by atoms with Crippen LogP contribution in [0.4, 0.5) is 0 Å². The Bertz CT molecular complexity index is 1070. The van der Waals surface area contributed by atoms with Crippen LogP contribution >= 0.6 is 11.3 Å². The van der Waals surface area contributed by atoms with E-state index in [4.69, 9.17) is 0 Å². The predicted octanol–water partition coefficient (Wildman–Crippen LogP) is 4.62. The molecular formula is C22H23NO3S2. The van der Waals surface area contributed by atoms with Crippen LogP contribution in [-0.4, -0.2) is 20.9 Å². The predicted molar refractivity (Wildman–Crippen MR) is 114 cm³/mol. The van der Waals surface area contributed by atoms with Gasteiger partial charge in [-0.05, 0) is 67.6 Å². The van der Waals surface area contributed by atoms with Gasteiger partial charge in [0.1, 0.15) is 5.25 Å². The Hall–Kier alpha value is -2.44. The minimum Gasteiger partial charge on any atom is -0.350 e. The zero-order chi connectivity index (χ0) is 20.3. The standard InChI is InChI=1S/C22H23NO3S2/c1-15-6-10-19(11-7-15)28(25,26)21(20-5-4-12-27-20)14-23-22(24)18-9-8-16(2)17(3)13-18/h4-13,21H,14H2,1-3H3,(H,23,24)/t21-/m1/s1. The van der Waals surface area contributed by atoms with Crippen molar-refractivity contribution in [2.45, 2.75) is 30.9 Å². The maximum atomic E-state index is 13.2. The van der Waals surface area contributed by atoms with E-state index in [1.165, 1.54) is 11.3 Å². The first-order chi connectivity index (χ1) is 13.3. The highest BCUT2D eigenvalue weighted by Crippen LogP contribution is 2.31. The fraction of sp³-hybridized carbons (Fsp3) is 0.227. The smallest absolute Gasteiger partial charge is 0.251 e. The molecule has 1 atom stereocenters. The summed E-state index contributed by atoms with van der Waals surface area (Å²) in [6.45, 7) is 5.86.